The second-order valence-corrected chi connectivity index (χ2v) is 8.03. The summed E-state index contributed by atoms with van der Waals surface area (Å²) in [7, 11) is 0. The SMILES string of the molecule is CC(=O)c1ccc(SCC(=O)NCCC(=O)Nc2cc(Br)ccc2C)c(F)c1. The van der Waals surface area contributed by atoms with Crippen LogP contribution < -0.4 is 10.6 Å². The van der Waals surface area contributed by atoms with Gasteiger partial charge in [0, 0.05) is 33.6 Å². The molecule has 0 radical (unpaired) electrons. The van der Waals surface area contributed by atoms with E-state index < -0.39 is 5.82 Å². The Morgan fingerprint density at radius 1 is 1.11 bits per heavy atom. The first-order chi connectivity index (χ1) is 13.3. The van der Waals surface area contributed by atoms with Crippen LogP contribution in [0.3, 0.4) is 0 Å². The Balaban J connectivity index is 1.74. The van der Waals surface area contributed by atoms with Gasteiger partial charge in [0.2, 0.25) is 11.8 Å². The molecule has 2 aromatic rings. The van der Waals surface area contributed by atoms with Crippen molar-refractivity contribution in [2.45, 2.75) is 25.2 Å². The van der Waals surface area contributed by atoms with Gasteiger partial charge in [-0.05, 0) is 43.7 Å². The fourth-order valence-electron chi connectivity index (χ4n) is 2.29. The number of hydrogen-bond acceptors (Lipinski definition) is 4. The maximum atomic E-state index is 13.9. The highest BCUT2D eigenvalue weighted by Crippen LogP contribution is 2.23. The number of hydrogen-bond donors (Lipinski definition) is 2. The van der Waals surface area contributed by atoms with Gasteiger partial charge in [0.15, 0.2) is 5.78 Å². The minimum absolute atomic E-state index is 0.0166. The van der Waals surface area contributed by atoms with Crippen LogP contribution in [0.4, 0.5) is 10.1 Å². The predicted octanol–water partition coefficient (Wildman–Crippen LogP) is 4.34. The van der Waals surface area contributed by atoms with Crippen molar-refractivity contribution in [3.63, 3.8) is 0 Å². The number of aryl methyl sites for hydroxylation is 1. The fourth-order valence-corrected chi connectivity index (χ4v) is 3.40. The van der Waals surface area contributed by atoms with Gasteiger partial charge in [0.25, 0.3) is 0 Å². The van der Waals surface area contributed by atoms with E-state index in [2.05, 4.69) is 26.6 Å². The van der Waals surface area contributed by atoms with Crippen molar-refractivity contribution in [2.75, 3.05) is 17.6 Å². The molecule has 5 nitrogen and oxygen atoms in total. The molecule has 28 heavy (non-hydrogen) atoms. The van der Waals surface area contributed by atoms with Crippen molar-refractivity contribution in [1.29, 1.82) is 0 Å². The summed E-state index contributed by atoms with van der Waals surface area (Å²) in [5.74, 6) is -1.24. The Labute approximate surface area is 175 Å². The first-order valence-electron chi connectivity index (χ1n) is 8.52. The molecule has 2 N–H and O–H groups in total. The lowest BCUT2D eigenvalue weighted by Crippen LogP contribution is -2.29. The Hall–Kier alpha value is -2.19. The van der Waals surface area contributed by atoms with E-state index in [1.165, 1.54) is 19.1 Å². The van der Waals surface area contributed by atoms with Gasteiger partial charge in [0.1, 0.15) is 5.82 Å². The number of Topliss-reactive ketones (excluding diaryl/α,β-unsaturated/α-hetero) is 1. The standard InChI is InChI=1S/C20H20BrFN2O3S/c1-12-3-5-15(21)10-17(12)24-19(26)7-8-23-20(27)11-28-18-6-4-14(13(2)25)9-16(18)22/h3-6,9-10H,7-8,11H2,1-2H3,(H,23,27)(H,24,26). The summed E-state index contributed by atoms with van der Waals surface area (Å²) in [4.78, 5) is 35.4. The molecule has 0 heterocycles. The quantitative estimate of drug-likeness (QED) is 0.448. The third kappa shape index (κ3) is 6.76. The summed E-state index contributed by atoms with van der Waals surface area (Å²) in [5, 5.41) is 5.44. The molecule has 2 amide bonds. The van der Waals surface area contributed by atoms with E-state index in [1.54, 1.807) is 0 Å². The molecule has 8 heteroatoms. The van der Waals surface area contributed by atoms with E-state index in [4.69, 9.17) is 0 Å². The predicted molar refractivity (Wildman–Crippen MR) is 112 cm³/mol. The largest absolute Gasteiger partial charge is 0.355 e. The molecule has 0 aromatic heterocycles. The van der Waals surface area contributed by atoms with Crippen LogP contribution in [0.1, 0.15) is 29.3 Å². The van der Waals surface area contributed by atoms with Crippen LogP contribution in [0.2, 0.25) is 0 Å². The Morgan fingerprint density at radius 2 is 1.86 bits per heavy atom. The van der Waals surface area contributed by atoms with E-state index in [-0.39, 0.29) is 41.9 Å². The molecular formula is C20H20BrFN2O3S. The lowest BCUT2D eigenvalue weighted by molar-refractivity contribution is -0.119. The summed E-state index contributed by atoms with van der Waals surface area (Å²) in [6.45, 7) is 3.44. The molecule has 0 fully saturated rings. The second kappa shape index (κ2) is 10.4. The lowest BCUT2D eigenvalue weighted by atomic mass is 10.1. The number of carbonyl (C=O) groups excluding carboxylic acids is 3. The highest BCUT2D eigenvalue weighted by atomic mass is 79.9. The highest BCUT2D eigenvalue weighted by molar-refractivity contribution is 9.10. The Kier molecular flexibility index (Phi) is 8.19. The fraction of sp³-hybridized carbons (Fsp3) is 0.250. The highest BCUT2D eigenvalue weighted by Gasteiger charge is 2.10. The van der Waals surface area contributed by atoms with E-state index in [1.807, 2.05) is 25.1 Å². The van der Waals surface area contributed by atoms with Gasteiger partial charge in [-0.25, -0.2) is 4.39 Å². The van der Waals surface area contributed by atoms with Gasteiger partial charge in [0.05, 0.1) is 5.75 Å². The average Bonchev–Trinajstić information content (AvgIpc) is 2.63. The normalized spacial score (nSPS) is 10.4. The van der Waals surface area contributed by atoms with Gasteiger partial charge < -0.3 is 10.6 Å². The number of anilines is 1. The van der Waals surface area contributed by atoms with E-state index in [9.17, 15) is 18.8 Å². The molecule has 148 valence electrons. The summed E-state index contributed by atoms with van der Waals surface area (Å²) >= 11 is 4.39. The van der Waals surface area contributed by atoms with Crippen LogP contribution in [-0.4, -0.2) is 29.9 Å². The molecule has 0 aliphatic carbocycles. The van der Waals surface area contributed by atoms with Crippen LogP contribution in [0, 0.1) is 12.7 Å². The summed E-state index contributed by atoms with van der Waals surface area (Å²) < 4.78 is 14.8. The maximum absolute atomic E-state index is 13.9. The van der Waals surface area contributed by atoms with Crippen molar-refractivity contribution < 1.29 is 18.8 Å². The zero-order valence-electron chi connectivity index (χ0n) is 15.5. The van der Waals surface area contributed by atoms with Crippen LogP contribution in [0.25, 0.3) is 0 Å². The van der Waals surface area contributed by atoms with Crippen molar-refractivity contribution in [3.8, 4) is 0 Å². The molecule has 0 bridgehead atoms. The molecule has 0 aliphatic rings. The smallest absolute Gasteiger partial charge is 0.230 e. The molecule has 0 saturated heterocycles. The minimum atomic E-state index is -0.533. The second-order valence-electron chi connectivity index (χ2n) is 6.10. The van der Waals surface area contributed by atoms with Crippen molar-refractivity contribution in [3.05, 3.63) is 57.8 Å². The van der Waals surface area contributed by atoms with Gasteiger partial charge in [-0.2, -0.15) is 0 Å². The molecule has 0 spiro atoms. The number of halogens is 2. The number of carbonyl (C=O) groups is 3. The first-order valence-corrected chi connectivity index (χ1v) is 10.3. The van der Waals surface area contributed by atoms with Crippen molar-refractivity contribution >= 4 is 51.0 Å². The van der Waals surface area contributed by atoms with Gasteiger partial charge >= 0.3 is 0 Å². The van der Waals surface area contributed by atoms with E-state index in [0.717, 1.165) is 27.9 Å². The van der Waals surface area contributed by atoms with E-state index >= 15 is 0 Å². The summed E-state index contributed by atoms with van der Waals surface area (Å²) in [5.41, 5.74) is 1.94. The Bertz CT molecular complexity index is 905. The topological polar surface area (TPSA) is 75.3 Å². The van der Waals surface area contributed by atoms with Gasteiger partial charge in [-0.1, -0.05) is 28.1 Å². The van der Waals surface area contributed by atoms with Crippen LogP contribution in [0.5, 0.6) is 0 Å². The van der Waals surface area contributed by atoms with Crippen LogP contribution in [0.15, 0.2) is 45.8 Å². The van der Waals surface area contributed by atoms with Crippen LogP contribution in [-0.2, 0) is 9.59 Å². The zero-order chi connectivity index (χ0) is 20.7. The first kappa shape index (κ1) is 22.1. The number of benzene rings is 2. The van der Waals surface area contributed by atoms with Gasteiger partial charge in [-0.3, -0.25) is 14.4 Å². The number of thioether (sulfide) groups is 1. The van der Waals surface area contributed by atoms with Crippen LogP contribution >= 0.6 is 27.7 Å². The maximum Gasteiger partial charge on any atom is 0.230 e. The summed E-state index contributed by atoms with van der Waals surface area (Å²) in [6, 6.07) is 9.77. The van der Waals surface area contributed by atoms with Gasteiger partial charge in [-0.15, -0.1) is 11.8 Å². The molecule has 0 aliphatic heterocycles. The number of amides is 2. The summed E-state index contributed by atoms with van der Waals surface area (Å²) in [6.07, 6.45) is 0.129. The molecular weight excluding hydrogens is 447 g/mol. The molecule has 0 unspecified atom stereocenters. The minimum Gasteiger partial charge on any atom is -0.355 e. The monoisotopic (exact) mass is 466 g/mol. The number of nitrogens with one attached hydrogen (secondary N) is 2. The molecule has 0 atom stereocenters. The Morgan fingerprint density at radius 3 is 2.54 bits per heavy atom. The molecule has 0 saturated carbocycles. The zero-order valence-corrected chi connectivity index (χ0v) is 17.9. The third-order valence-corrected chi connectivity index (χ3v) is 5.39. The van der Waals surface area contributed by atoms with E-state index in [0.29, 0.717) is 10.6 Å². The lowest BCUT2D eigenvalue weighted by Gasteiger charge is -2.10. The molecule has 2 rings (SSSR count). The van der Waals surface area contributed by atoms with Crippen molar-refractivity contribution in [1.82, 2.24) is 5.32 Å². The number of ketones is 1. The number of rotatable bonds is 8. The molecule has 2 aromatic carbocycles. The van der Waals surface area contributed by atoms with Crippen molar-refractivity contribution in [2.24, 2.45) is 0 Å². The third-order valence-electron chi connectivity index (χ3n) is 3.85. The average molecular weight is 467 g/mol.